The van der Waals surface area contributed by atoms with Gasteiger partial charge in [0.05, 0.1) is 12.6 Å². The molecule has 0 aliphatic rings. The van der Waals surface area contributed by atoms with Crippen LogP contribution in [-0.2, 0) is 4.74 Å². The molecule has 2 nitrogen and oxygen atoms in total. The van der Waals surface area contributed by atoms with E-state index in [1.54, 1.807) is 7.05 Å². The van der Waals surface area contributed by atoms with E-state index < -0.39 is 17.5 Å². The maximum absolute atomic E-state index is 12.9. The third kappa shape index (κ3) is 2.70. The molecule has 0 saturated heterocycles. The third-order valence-electron chi connectivity index (χ3n) is 2.09. The zero-order chi connectivity index (χ0) is 11.4. The summed E-state index contributed by atoms with van der Waals surface area (Å²) in [5, 5.41) is 2.81. The largest absolute Gasteiger partial charge is 0.383 e. The Morgan fingerprint density at radius 2 is 1.80 bits per heavy atom. The summed E-state index contributed by atoms with van der Waals surface area (Å²) in [4.78, 5) is 0. The van der Waals surface area contributed by atoms with Gasteiger partial charge in [-0.05, 0) is 24.7 Å². The second-order valence-electron chi connectivity index (χ2n) is 3.10. The van der Waals surface area contributed by atoms with Gasteiger partial charge in [0.2, 0.25) is 0 Å². The van der Waals surface area contributed by atoms with E-state index in [2.05, 4.69) is 5.32 Å². The van der Waals surface area contributed by atoms with Gasteiger partial charge in [0, 0.05) is 7.11 Å². The topological polar surface area (TPSA) is 21.3 Å². The van der Waals surface area contributed by atoms with E-state index in [9.17, 15) is 13.2 Å². The summed E-state index contributed by atoms with van der Waals surface area (Å²) in [5.41, 5.74) is 0.316. The molecule has 0 aromatic heterocycles. The summed E-state index contributed by atoms with van der Waals surface area (Å²) in [7, 11) is 3.10. The molecule has 0 spiro atoms. The van der Waals surface area contributed by atoms with Crippen molar-refractivity contribution >= 4 is 0 Å². The third-order valence-corrected chi connectivity index (χ3v) is 2.09. The minimum Gasteiger partial charge on any atom is -0.383 e. The number of rotatable bonds is 4. The van der Waals surface area contributed by atoms with Crippen LogP contribution in [-0.4, -0.2) is 20.8 Å². The number of benzene rings is 1. The lowest BCUT2D eigenvalue weighted by molar-refractivity contribution is 0.170. The molecule has 84 valence electrons. The van der Waals surface area contributed by atoms with Crippen LogP contribution in [0.25, 0.3) is 0 Å². The number of halogens is 3. The SMILES string of the molecule is CNC(COC)c1cc(F)c(F)c(F)c1. The molecule has 1 atom stereocenters. The maximum Gasteiger partial charge on any atom is 0.194 e. The van der Waals surface area contributed by atoms with Crippen molar-refractivity contribution in [3.8, 4) is 0 Å². The number of hydrogen-bond acceptors (Lipinski definition) is 2. The van der Waals surface area contributed by atoms with Crippen LogP contribution in [0.3, 0.4) is 0 Å². The number of ether oxygens (including phenoxy) is 1. The van der Waals surface area contributed by atoms with Gasteiger partial charge < -0.3 is 10.1 Å². The maximum atomic E-state index is 12.9. The Bertz CT molecular complexity index is 320. The average Bonchev–Trinajstić information content (AvgIpc) is 2.22. The van der Waals surface area contributed by atoms with Gasteiger partial charge in [-0.1, -0.05) is 0 Å². The predicted molar refractivity (Wildman–Crippen MR) is 50.0 cm³/mol. The molecule has 1 unspecified atom stereocenters. The average molecular weight is 219 g/mol. The van der Waals surface area contributed by atoms with Crippen LogP contribution >= 0.6 is 0 Å². The molecule has 0 radical (unpaired) electrons. The van der Waals surface area contributed by atoms with Gasteiger partial charge in [0.25, 0.3) is 0 Å². The van der Waals surface area contributed by atoms with Gasteiger partial charge in [0.15, 0.2) is 17.5 Å². The molecule has 15 heavy (non-hydrogen) atoms. The Morgan fingerprint density at radius 1 is 1.27 bits per heavy atom. The summed E-state index contributed by atoms with van der Waals surface area (Å²) in [6.07, 6.45) is 0. The smallest absolute Gasteiger partial charge is 0.194 e. The highest BCUT2D eigenvalue weighted by atomic mass is 19.2. The second-order valence-corrected chi connectivity index (χ2v) is 3.10. The van der Waals surface area contributed by atoms with Gasteiger partial charge in [0.1, 0.15) is 0 Å². The van der Waals surface area contributed by atoms with Gasteiger partial charge in [-0.2, -0.15) is 0 Å². The Morgan fingerprint density at radius 3 is 2.20 bits per heavy atom. The Hall–Kier alpha value is -1.07. The normalized spacial score (nSPS) is 12.9. The fourth-order valence-electron chi connectivity index (χ4n) is 1.29. The molecule has 1 rings (SSSR count). The van der Waals surface area contributed by atoms with Crippen LogP contribution in [0.4, 0.5) is 13.2 Å². The first kappa shape index (κ1) is 12.0. The predicted octanol–water partition coefficient (Wildman–Crippen LogP) is 2.01. The number of nitrogens with one attached hydrogen (secondary N) is 1. The molecule has 1 N–H and O–H groups in total. The molecule has 0 heterocycles. The van der Waals surface area contributed by atoms with Crippen LogP contribution < -0.4 is 5.32 Å². The first-order valence-electron chi connectivity index (χ1n) is 4.40. The van der Waals surface area contributed by atoms with Crippen molar-refractivity contribution in [1.29, 1.82) is 0 Å². The van der Waals surface area contributed by atoms with Crippen molar-refractivity contribution in [2.45, 2.75) is 6.04 Å². The minimum atomic E-state index is -1.45. The standard InChI is InChI=1S/C10H12F3NO/c1-14-9(5-15-2)6-3-7(11)10(13)8(12)4-6/h3-4,9,14H,5H2,1-2H3. The van der Waals surface area contributed by atoms with Crippen molar-refractivity contribution in [3.63, 3.8) is 0 Å². The molecule has 0 aliphatic heterocycles. The second kappa shape index (κ2) is 5.14. The number of methoxy groups -OCH3 is 1. The molecule has 1 aromatic carbocycles. The van der Waals surface area contributed by atoms with E-state index in [-0.39, 0.29) is 12.6 Å². The molecule has 0 aliphatic carbocycles. The van der Waals surface area contributed by atoms with Crippen molar-refractivity contribution in [1.82, 2.24) is 5.32 Å². The lowest BCUT2D eigenvalue weighted by Crippen LogP contribution is -2.21. The Labute approximate surface area is 86.1 Å². The van der Waals surface area contributed by atoms with Gasteiger partial charge in [-0.3, -0.25) is 0 Å². The summed E-state index contributed by atoms with van der Waals surface area (Å²) >= 11 is 0. The lowest BCUT2D eigenvalue weighted by atomic mass is 10.1. The van der Waals surface area contributed by atoms with E-state index in [4.69, 9.17) is 4.74 Å². The fraction of sp³-hybridized carbons (Fsp3) is 0.400. The minimum absolute atomic E-state index is 0.251. The molecule has 0 fully saturated rings. The molecule has 1 aromatic rings. The molecule has 0 amide bonds. The first-order chi connectivity index (χ1) is 7.10. The van der Waals surface area contributed by atoms with Crippen LogP contribution in [0, 0.1) is 17.5 Å². The summed E-state index contributed by atoms with van der Waals surface area (Å²) in [6.45, 7) is 0.251. The molecular weight excluding hydrogens is 207 g/mol. The Balaban J connectivity index is 3.03. The van der Waals surface area contributed by atoms with Gasteiger partial charge in [-0.15, -0.1) is 0 Å². The lowest BCUT2D eigenvalue weighted by Gasteiger charge is -2.15. The van der Waals surface area contributed by atoms with E-state index in [0.29, 0.717) is 5.56 Å². The highest BCUT2D eigenvalue weighted by Gasteiger charge is 2.15. The molecule has 0 bridgehead atoms. The van der Waals surface area contributed by atoms with Crippen molar-refractivity contribution in [2.24, 2.45) is 0 Å². The highest BCUT2D eigenvalue weighted by molar-refractivity contribution is 5.22. The fourth-order valence-corrected chi connectivity index (χ4v) is 1.29. The molecular formula is C10H12F3NO. The first-order valence-corrected chi connectivity index (χ1v) is 4.40. The van der Waals surface area contributed by atoms with Crippen LogP contribution in [0.1, 0.15) is 11.6 Å². The van der Waals surface area contributed by atoms with E-state index >= 15 is 0 Å². The number of likely N-dealkylation sites (N-methyl/N-ethyl adjacent to an activating group) is 1. The van der Waals surface area contributed by atoms with Crippen molar-refractivity contribution in [3.05, 3.63) is 35.1 Å². The summed E-state index contributed by atoms with van der Waals surface area (Å²) in [6, 6.07) is 1.55. The van der Waals surface area contributed by atoms with E-state index in [0.717, 1.165) is 12.1 Å². The Kier molecular flexibility index (Phi) is 4.11. The molecule has 0 saturated carbocycles. The summed E-state index contributed by atoms with van der Waals surface area (Å²) in [5.74, 6) is -3.84. The monoisotopic (exact) mass is 219 g/mol. The van der Waals surface area contributed by atoms with E-state index in [1.807, 2.05) is 0 Å². The van der Waals surface area contributed by atoms with E-state index in [1.165, 1.54) is 7.11 Å². The highest BCUT2D eigenvalue weighted by Crippen LogP contribution is 2.19. The van der Waals surface area contributed by atoms with Crippen LogP contribution in [0.5, 0.6) is 0 Å². The van der Waals surface area contributed by atoms with Crippen molar-refractivity contribution < 1.29 is 17.9 Å². The van der Waals surface area contributed by atoms with Crippen LogP contribution in [0.15, 0.2) is 12.1 Å². The van der Waals surface area contributed by atoms with Gasteiger partial charge in [-0.25, -0.2) is 13.2 Å². The number of hydrogen-bond donors (Lipinski definition) is 1. The molecule has 5 heteroatoms. The quantitative estimate of drug-likeness (QED) is 0.782. The zero-order valence-electron chi connectivity index (χ0n) is 8.48. The van der Waals surface area contributed by atoms with Gasteiger partial charge >= 0.3 is 0 Å². The zero-order valence-corrected chi connectivity index (χ0v) is 8.48. The summed E-state index contributed by atoms with van der Waals surface area (Å²) < 4.78 is 43.3. The van der Waals surface area contributed by atoms with Crippen LogP contribution in [0.2, 0.25) is 0 Å². The van der Waals surface area contributed by atoms with Crippen molar-refractivity contribution in [2.75, 3.05) is 20.8 Å².